The number of hydrogen-bond donors (Lipinski definition) is 0. The first-order chi connectivity index (χ1) is 10.4. The lowest BCUT2D eigenvalue weighted by molar-refractivity contribution is 0.0554. The second kappa shape index (κ2) is 7.35. The van der Waals surface area contributed by atoms with Crippen molar-refractivity contribution in [2.75, 3.05) is 37.7 Å². The van der Waals surface area contributed by atoms with E-state index < -0.39 is 0 Å². The molecule has 1 aromatic rings. The predicted octanol–water partition coefficient (Wildman–Crippen LogP) is 2.87. The molecule has 2 atom stereocenters. The second-order valence-corrected chi connectivity index (χ2v) is 7.07. The van der Waals surface area contributed by atoms with Gasteiger partial charge in [0, 0.05) is 37.5 Å². The molecule has 2 aliphatic heterocycles. The van der Waals surface area contributed by atoms with E-state index in [1.807, 2.05) is 11.8 Å². The fraction of sp³-hybridized carbons (Fsp3) is 0.556. The van der Waals surface area contributed by atoms with Crippen LogP contribution in [0.25, 0.3) is 0 Å². The molecule has 0 amide bonds. The van der Waals surface area contributed by atoms with E-state index in [0.717, 1.165) is 24.1 Å². The monoisotopic (exact) mass is 300 g/mol. The Labute approximate surface area is 132 Å². The summed E-state index contributed by atoms with van der Waals surface area (Å²) in [4.78, 5) is 5.38. The Morgan fingerprint density at radius 1 is 1.24 bits per heavy atom. The molecule has 2 aliphatic rings. The van der Waals surface area contributed by atoms with Crippen molar-refractivity contribution in [2.24, 2.45) is 0 Å². The lowest BCUT2D eigenvalue weighted by Crippen LogP contribution is -2.52. The van der Waals surface area contributed by atoms with Crippen LogP contribution in [-0.4, -0.2) is 53.5 Å². The number of rotatable bonds is 5. The van der Waals surface area contributed by atoms with E-state index in [-0.39, 0.29) is 0 Å². The lowest BCUT2D eigenvalue weighted by Gasteiger charge is -2.44. The zero-order valence-electron chi connectivity index (χ0n) is 12.6. The highest BCUT2D eigenvalue weighted by Gasteiger charge is 2.36. The number of terminal acetylenes is 1. The molecule has 3 heteroatoms. The molecular formula is C18H24N2S. The van der Waals surface area contributed by atoms with Gasteiger partial charge in [-0.1, -0.05) is 36.3 Å². The largest absolute Gasteiger partial charge is 0.297 e. The smallest absolute Gasteiger partial charge is 0.0545 e. The number of piperazine rings is 1. The molecular weight excluding hydrogens is 276 g/mol. The summed E-state index contributed by atoms with van der Waals surface area (Å²) >= 11 is 1.88. The van der Waals surface area contributed by atoms with Crippen LogP contribution >= 0.6 is 11.8 Å². The van der Waals surface area contributed by atoms with Gasteiger partial charge >= 0.3 is 0 Å². The minimum absolute atomic E-state index is 0.548. The van der Waals surface area contributed by atoms with Gasteiger partial charge in [-0.2, -0.15) is 0 Å². The summed E-state index contributed by atoms with van der Waals surface area (Å²) in [5.74, 6) is 4.69. The second-order valence-electron chi connectivity index (χ2n) is 5.97. The van der Waals surface area contributed by atoms with Crippen molar-refractivity contribution in [3.05, 3.63) is 35.9 Å². The number of benzene rings is 1. The summed E-state index contributed by atoms with van der Waals surface area (Å²) in [6.07, 6.45) is 8.08. The molecule has 1 aromatic carbocycles. The number of nitrogens with zero attached hydrogens (tertiary/aromatic N) is 2. The maximum atomic E-state index is 5.35. The zero-order valence-corrected chi connectivity index (χ0v) is 13.4. The van der Waals surface area contributed by atoms with Crippen LogP contribution < -0.4 is 0 Å². The average Bonchev–Trinajstić information content (AvgIpc) is 2.99. The van der Waals surface area contributed by atoms with Crippen LogP contribution in [0.2, 0.25) is 0 Å². The summed E-state index contributed by atoms with van der Waals surface area (Å²) in [5.41, 5.74) is 1.46. The van der Waals surface area contributed by atoms with Crippen molar-refractivity contribution in [3.63, 3.8) is 0 Å². The first-order valence-corrected chi connectivity index (χ1v) is 9.08. The van der Waals surface area contributed by atoms with Gasteiger partial charge in [0.1, 0.15) is 0 Å². The van der Waals surface area contributed by atoms with Gasteiger partial charge in [0.2, 0.25) is 0 Å². The van der Waals surface area contributed by atoms with Crippen molar-refractivity contribution in [1.29, 1.82) is 0 Å². The van der Waals surface area contributed by atoms with Crippen LogP contribution in [0.15, 0.2) is 30.3 Å². The highest BCUT2D eigenvalue weighted by Crippen LogP contribution is 2.32. The van der Waals surface area contributed by atoms with E-state index in [9.17, 15) is 0 Å². The Morgan fingerprint density at radius 2 is 2.10 bits per heavy atom. The Hall–Kier alpha value is -0.950. The number of hydrogen-bond acceptors (Lipinski definition) is 3. The molecule has 3 rings (SSSR count). The Morgan fingerprint density at radius 3 is 2.90 bits per heavy atom. The Balaban J connectivity index is 1.68. The minimum Gasteiger partial charge on any atom is -0.297 e. The summed E-state index contributed by atoms with van der Waals surface area (Å²) in [7, 11) is 0. The van der Waals surface area contributed by atoms with E-state index in [1.54, 1.807) is 0 Å². The van der Waals surface area contributed by atoms with Crippen LogP contribution in [0.4, 0.5) is 0 Å². The third-order valence-electron chi connectivity index (χ3n) is 4.69. The maximum absolute atomic E-state index is 5.35. The van der Waals surface area contributed by atoms with Gasteiger partial charge in [0.05, 0.1) is 5.75 Å². The summed E-state index contributed by atoms with van der Waals surface area (Å²) in [6.45, 7) is 4.84. The van der Waals surface area contributed by atoms with Gasteiger partial charge in [-0.15, -0.1) is 18.2 Å². The van der Waals surface area contributed by atoms with Gasteiger partial charge in [-0.05, 0) is 24.9 Å². The summed E-state index contributed by atoms with van der Waals surface area (Å²) in [6, 6.07) is 12.3. The van der Waals surface area contributed by atoms with E-state index in [0.29, 0.717) is 6.04 Å². The molecule has 2 fully saturated rings. The molecule has 0 spiro atoms. The van der Waals surface area contributed by atoms with Crippen LogP contribution in [0.1, 0.15) is 24.4 Å². The first-order valence-electron chi connectivity index (χ1n) is 7.92. The van der Waals surface area contributed by atoms with E-state index in [4.69, 9.17) is 6.42 Å². The van der Waals surface area contributed by atoms with Crippen molar-refractivity contribution >= 4 is 11.8 Å². The molecule has 0 saturated carbocycles. The highest BCUT2D eigenvalue weighted by atomic mass is 32.2. The van der Waals surface area contributed by atoms with Crippen molar-refractivity contribution in [2.45, 2.75) is 24.9 Å². The van der Waals surface area contributed by atoms with E-state index in [2.05, 4.69) is 46.1 Å². The number of fused-ring (bicyclic) bond motifs is 1. The first kappa shape index (κ1) is 15.0. The normalized spacial score (nSPS) is 26.4. The molecule has 2 nitrogen and oxygen atoms in total. The highest BCUT2D eigenvalue weighted by molar-refractivity contribution is 7.99. The third-order valence-corrected chi connectivity index (χ3v) is 5.53. The van der Waals surface area contributed by atoms with E-state index >= 15 is 0 Å². The zero-order chi connectivity index (χ0) is 14.5. The average molecular weight is 300 g/mol. The van der Waals surface area contributed by atoms with Crippen LogP contribution in [0.5, 0.6) is 0 Å². The molecule has 0 bridgehead atoms. The SMILES string of the molecule is C#CCSCCN1CC2CCCN2CC1c1ccccc1. The Kier molecular flexibility index (Phi) is 5.24. The standard InChI is InChI=1S/C18H24N2S/c1-2-12-21-13-11-20-14-17-9-6-10-19(17)15-18(20)16-7-4-3-5-8-16/h1,3-5,7-8,17-18H,6,9-15H2. The fourth-order valence-corrected chi connectivity index (χ4v) is 4.26. The van der Waals surface area contributed by atoms with Gasteiger partial charge in [-0.3, -0.25) is 9.80 Å². The maximum Gasteiger partial charge on any atom is 0.0545 e. The quantitative estimate of drug-likeness (QED) is 0.610. The van der Waals surface area contributed by atoms with Crippen molar-refractivity contribution in [3.8, 4) is 12.3 Å². The summed E-state index contributed by atoms with van der Waals surface area (Å²) in [5, 5.41) is 0. The molecule has 0 radical (unpaired) electrons. The van der Waals surface area contributed by atoms with Gasteiger partial charge in [-0.25, -0.2) is 0 Å². The molecule has 21 heavy (non-hydrogen) atoms. The van der Waals surface area contributed by atoms with Crippen LogP contribution in [0.3, 0.4) is 0 Å². The van der Waals surface area contributed by atoms with Crippen molar-refractivity contribution in [1.82, 2.24) is 9.80 Å². The van der Waals surface area contributed by atoms with E-state index in [1.165, 1.54) is 38.0 Å². The third kappa shape index (κ3) is 3.63. The van der Waals surface area contributed by atoms with Gasteiger partial charge in [0.15, 0.2) is 0 Å². The molecule has 2 saturated heterocycles. The molecule has 0 N–H and O–H groups in total. The van der Waals surface area contributed by atoms with Gasteiger partial charge < -0.3 is 0 Å². The molecule has 0 aliphatic carbocycles. The summed E-state index contributed by atoms with van der Waals surface area (Å²) < 4.78 is 0. The molecule has 112 valence electrons. The predicted molar refractivity (Wildman–Crippen MR) is 91.5 cm³/mol. The van der Waals surface area contributed by atoms with Crippen LogP contribution in [0, 0.1) is 12.3 Å². The minimum atomic E-state index is 0.548. The lowest BCUT2D eigenvalue weighted by atomic mass is 10.00. The molecule has 2 heterocycles. The van der Waals surface area contributed by atoms with Crippen molar-refractivity contribution < 1.29 is 0 Å². The number of thioether (sulfide) groups is 1. The topological polar surface area (TPSA) is 6.48 Å². The fourth-order valence-electron chi connectivity index (χ4n) is 3.63. The molecule has 2 unspecified atom stereocenters. The molecule has 0 aromatic heterocycles. The van der Waals surface area contributed by atoms with Gasteiger partial charge in [0.25, 0.3) is 0 Å². The van der Waals surface area contributed by atoms with Crippen LogP contribution in [-0.2, 0) is 0 Å². The Bertz CT molecular complexity index is 482.